The molecule has 0 radical (unpaired) electrons. The molecule has 1 saturated carbocycles. The minimum atomic E-state index is -0.458. The second-order valence-electron chi connectivity index (χ2n) is 9.33. The third kappa shape index (κ3) is 3.13. The van der Waals surface area contributed by atoms with Crippen molar-refractivity contribution in [1.82, 2.24) is 14.7 Å². The van der Waals surface area contributed by atoms with Gasteiger partial charge in [0, 0.05) is 52.8 Å². The summed E-state index contributed by atoms with van der Waals surface area (Å²) >= 11 is 0. The third-order valence-corrected chi connectivity index (χ3v) is 7.70. The largest absolute Gasteiger partial charge is 0.348 e. The fourth-order valence-corrected chi connectivity index (χ4v) is 6.12. The van der Waals surface area contributed by atoms with E-state index in [1.807, 2.05) is 54.2 Å². The lowest BCUT2D eigenvalue weighted by molar-refractivity contribution is -0.141. The first-order valence-electron chi connectivity index (χ1n) is 10.6. The molecule has 1 aromatic carbocycles. The molecule has 3 fully saturated rings. The van der Waals surface area contributed by atoms with Crippen LogP contribution < -0.4 is 0 Å². The molecular weight excluding hydrogens is 366 g/mol. The quantitative estimate of drug-likeness (QED) is 0.769. The molecular formula is C23H31N3O3. The highest BCUT2D eigenvalue weighted by Gasteiger charge is 2.65. The van der Waals surface area contributed by atoms with E-state index in [0.29, 0.717) is 13.1 Å². The number of nitrogens with zero attached hydrogens (tertiary/aromatic N) is 3. The van der Waals surface area contributed by atoms with Gasteiger partial charge in [-0.3, -0.25) is 14.4 Å². The number of piperidine rings is 1. The Hall–Kier alpha value is -2.37. The highest BCUT2D eigenvalue weighted by atomic mass is 16.2. The van der Waals surface area contributed by atoms with E-state index in [2.05, 4.69) is 0 Å². The monoisotopic (exact) mass is 397 g/mol. The SMILES string of the molecule is CC(=O)N1C[C@H]2C3(CCN(C(=O)c4ccccc4)CC3)CC[C@@]2(C(=O)N(C)C)C1. The van der Waals surface area contributed by atoms with E-state index in [9.17, 15) is 14.4 Å². The van der Waals surface area contributed by atoms with Crippen LogP contribution in [0.1, 0.15) is 43.0 Å². The van der Waals surface area contributed by atoms with Crippen molar-refractivity contribution in [3.05, 3.63) is 35.9 Å². The minimum Gasteiger partial charge on any atom is -0.348 e. The van der Waals surface area contributed by atoms with Crippen molar-refractivity contribution < 1.29 is 14.4 Å². The Labute approximate surface area is 172 Å². The normalized spacial score (nSPS) is 27.8. The molecule has 1 aliphatic carbocycles. The number of hydrogen-bond donors (Lipinski definition) is 0. The molecule has 0 aromatic heterocycles. The fraction of sp³-hybridized carbons (Fsp3) is 0.609. The number of hydrogen-bond acceptors (Lipinski definition) is 3. The summed E-state index contributed by atoms with van der Waals surface area (Å²) in [7, 11) is 3.63. The van der Waals surface area contributed by atoms with Crippen molar-refractivity contribution >= 4 is 17.7 Å². The van der Waals surface area contributed by atoms with Gasteiger partial charge in [0.05, 0.1) is 5.41 Å². The topological polar surface area (TPSA) is 60.9 Å². The molecule has 6 nitrogen and oxygen atoms in total. The highest BCUT2D eigenvalue weighted by Crippen LogP contribution is 2.62. The van der Waals surface area contributed by atoms with Gasteiger partial charge in [-0.2, -0.15) is 0 Å². The summed E-state index contributed by atoms with van der Waals surface area (Å²) in [5, 5.41) is 0. The summed E-state index contributed by atoms with van der Waals surface area (Å²) in [5.41, 5.74) is 0.319. The molecule has 2 heterocycles. The molecule has 29 heavy (non-hydrogen) atoms. The Balaban J connectivity index is 1.54. The van der Waals surface area contributed by atoms with E-state index in [4.69, 9.17) is 0 Å². The lowest BCUT2D eigenvalue weighted by Gasteiger charge is -2.44. The zero-order valence-electron chi connectivity index (χ0n) is 17.7. The minimum absolute atomic E-state index is 0.0450. The average Bonchev–Trinajstić information content (AvgIpc) is 3.26. The van der Waals surface area contributed by atoms with Gasteiger partial charge in [0.25, 0.3) is 5.91 Å². The second kappa shape index (κ2) is 7.15. The van der Waals surface area contributed by atoms with Crippen LogP contribution in [0.15, 0.2) is 30.3 Å². The van der Waals surface area contributed by atoms with E-state index < -0.39 is 5.41 Å². The van der Waals surface area contributed by atoms with E-state index in [-0.39, 0.29) is 29.1 Å². The van der Waals surface area contributed by atoms with Crippen molar-refractivity contribution in [3.63, 3.8) is 0 Å². The highest BCUT2D eigenvalue weighted by molar-refractivity contribution is 5.94. The summed E-state index contributed by atoms with van der Waals surface area (Å²) in [6.07, 6.45) is 3.66. The number of amides is 3. The van der Waals surface area contributed by atoms with Crippen LogP contribution in [0.25, 0.3) is 0 Å². The summed E-state index contributed by atoms with van der Waals surface area (Å²) in [6.45, 7) is 4.25. The van der Waals surface area contributed by atoms with Gasteiger partial charge in [-0.05, 0) is 49.1 Å². The molecule has 0 bridgehead atoms. The number of fused-ring (bicyclic) bond motifs is 2. The lowest BCUT2D eigenvalue weighted by atomic mass is 9.65. The predicted octanol–water partition coefficient (Wildman–Crippen LogP) is 2.26. The van der Waals surface area contributed by atoms with Crippen molar-refractivity contribution in [2.75, 3.05) is 40.3 Å². The Bertz CT molecular complexity index is 814. The van der Waals surface area contributed by atoms with Gasteiger partial charge in [0.2, 0.25) is 11.8 Å². The van der Waals surface area contributed by atoms with Crippen molar-refractivity contribution in [3.8, 4) is 0 Å². The van der Waals surface area contributed by atoms with Gasteiger partial charge < -0.3 is 14.7 Å². The van der Waals surface area contributed by atoms with Gasteiger partial charge in [0.15, 0.2) is 0 Å². The molecule has 0 unspecified atom stereocenters. The Morgan fingerprint density at radius 3 is 2.21 bits per heavy atom. The Morgan fingerprint density at radius 1 is 0.966 bits per heavy atom. The molecule has 2 atom stereocenters. The van der Waals surface area contributed by atoms with E-state index in [1.165, 1.54) is 0 Å². The molecule has 0 N–H and O–H groups in total. The number of carbonyl (C=O) groups excluding carboxylic acids is 3. The number of rotatable bonds is 2. The molecule has 1 aromatic rings. The fourth-order valence-electron chi connectivity index (χ4n) is 6.12. The van der Waals surface area contributed by atoms with Crippen LogP contribution in [0.4, 0.5) is 0 Å². The molecule has 3 amide bonds. The molecule has 2 saturated heterocycles. The first-order valence-corrected chi connectivity index (χ1v) is 10.6. The van der Waals surface area contributed by atoms with Crippen molar-refractivity contribution in [2.24, 2.45) is 16.7 Å². The van der Waals surface area contributed by atoms with Crippen LogP contribution in [0.5, 0.6) is 0 Å². The van der Waals surface area contributed by atoms with Crippen LogP contribution in [0.2, 0.25) is 0 Å². The van der Waals surface area contributed by atoms with Gasteiger partial charge in [0.1, 0.15) is 0 Å². The lowest BCUT2D eigenvalue weighted by Crippen LogP contribution is -2.49. The molecule has 156 valence electrons. The van der Waals surface area contributed by atoms with Gasteiger partial charge >= 0.3 is 0 Å². The number of likely N-dealkylation sites (tertiary alicyclic amines) is 2. The van der Waals surface area contributed by atoms with E-state index in [1.54, 1.807) is 11.8 Å². The zero-order valence-corrected chi connectivity index (χ0v) is 17.7. The Morgan fingerprint density at radius 2 is 1.62 bits per heavy atom. The predicted molar refractivity (Wildman–Crippen MR) is 110 cm³/mol. The van der Waals surface area contributed by atoms with Crippen molar-refractivity contribution in [1.29, 1.82) is 0 Å². The summed E-state index contributed by atoms with van der Waals surface area (Å²) in [6, 6.07) is 9.44. The van der Waals surface area contributed by atoms with Crippen LogP contribution in [-0.4, -0.2) is 72.7 Å². The van der Waals surface area contributed by atoms with Crippen LogP contribution >= 0.6 is 0 Å². The zero-order chi connectivity index (χ0) is 20.8. The summed E-state index contributed by atoms with van der Waals surface area (Å²) < 4.78 is 0. The summed E-state index contributed by atoms with van der Waals surface area (Å²) in [5.74, 6) is 0.483. The van der Waals surface area contributed by atoms with Crippen LogP contribution in [0.3, 0.4) is 0 Å². The first-order chi connectivity index (χ1) is 13.8. The van der Waals surface area contributed by atoms with E-state index >= 15 is 0 Å². The molecule has 2 aliphatic heterocycles. The maximum absolute atomic E-state index is 13.2. The molecule has 4 rings (SSSR count). The second-order valence-corrected chi connectivity index (χ2v) is 9.33. The van der Waals surface area contributed by atoms with Crippen LogP contribution in [-0.2, 0) is 9.59 Å². The van der Waals surface area contributed by atoms with Crippen LogP contribution in [0, 0.1) is 16.7 Å². The average molecular weight is 398 g/mol. The van der Waals surface area contributed by atoms with Crippen molar-refractivity contribution in [2.45, 2.75) is 32.6 Å². The molecule has 3 aliphatic rings. The standard InChI is InChI=1S/C23H31N3O3/c1-17(27)26-15-19-22(9-10-23(19,16-26)21(29)24(2)3)11-13-25(14-12-22)20(28)18-7-5-4-6-8-18/h4-8,19H,9-16H2,1-3H3/t19-,23+/m0/s1. The number of carbonyl (C=O) groups is 3. The molecule has 6 heteroatoms. The molecule has 1 spiro atoms. The van der Waals surface area contributed by atoms with Gasteiger partial charge in [-0.15, -0.1) is 0 Å². The summed E-state index contributed by atoms with van der Waals surface area (Å²) in [4.78, 5) is 43.7. The maximum Gasteiger partial charge on any atom is 0.253 e. The number of benzene rings is 1. The van der Waals surface area contributed by atoms with E-state index in [0.717, 1.165) is 44.3 Å². The maximum atomic E-state index is 13.2. The first kappa shape index (κ1) is 19.9. The smallest absolute Gasteiger partial charge is 0.253 e. The Kier molecular flexibility index (Phi) is 4.91. The van der Waals surface area contributed by atoms with Gasteiger partial charge in [-0.25, -0.2) is 0 Å². The third-order valence-electron chi connectivity index (χ3n) is 7.70. The van der Waals surface area contributed by atoms with Gasteiger partial charge in [-0.1, -0.05) is 18.2 Å².